The third-order valence-corrected chi connectivity index (χ3v) is 0.675. The molecule has 7 heavy (non-hydrogen) atoms. The summed E-state index contributed by atoms with van der Waals surface area (Å²) in [5.41, 5.74) is 0.891. The summed E-state index contributed by atoms with van der Waals surface area (Å²) >= 11 is 0. The lowest BCUT2D eigenvalue weighted by Gasteiger charge is -1.90. The van der Waals surface area contributed by atoms with Crippen LogP contribution in [0.4, 0.5) is 0 Å². The van der Waals surface area contributed by atoms with E-state index in [9.17, 15) is 0 Å². The number of nitriles is 1. The number of hydrogen-bond donors (Lipinski definition) is 1. The van der Waals surface area contributed by atoms with Crippen molar-refractivity contribution in [3.05, 3.63) is 11.8 Å². The molecule has 0 rings (SSSR count). The van der Waals surface area contributed by atoms with Crippen LogP contribution in [0, 0.1) is 11.3 Å². The molecule has 0 aliphatic carbocycles. The first-order chi connectivity index (χ1) is 3.31. The van der Waals surface area contributed by atoms with Crippen molar-refractivity contribution in [3.63, 3.8) is 0 Å². The number of allylic oxidation sites excluding steroid dienone is 2. The zero-order valence-corrected chi connectivity index (χ0v) is 4.52. The Labute approximate surface area is 43.5 Å². The standard InChI is InChI=1S/C5H8N2/c1-5(7-2)3-4-6/h3,7H,1-2H3. The first-order valence-corrected chi connectivity index (χ1v) is 2.05. The molecule has 0 spiro atoms. The van der Waals surface area contributed by atoms with E-state index in [4.69, 9.17) is 5.26 Å². The Balaban J connectivity index is 3.56. The highest BCUT2D eigenvalue weighted by Gasteiger charge is 1.73. The van der Waals surface area contributed by atoms with Gasteiger partial charge in [-0.25, -0.2) is 0 Å². The van der Waals surface area contributed by atoms with Gasteiger partial charge in [-0.1, -0.05) is 0 Å². The molecule has 0 aliphatic rings. The minimum absolute atomic E-state index is 0.891. The maximum Gasteiger partial charge on any atom is 0.0930 e. The van der Waals surface area contributed by atoms with Gasteiger partial charge >= 0.3 is 0 Å². The summed E-state index contributed by atoms with van der Waals surface area (Å²) < 4.78 is 0. The topological polar surface area (TPSA) is 35.8 Å². The van der Waals surface area contributed by atoms with Gasteiger partial charge in [-0.3, -0.25) is 0 Å². The van der Waals surface area contributed by atoms with Crippen molar-refractivity contribution in [2.45, 2.75) is 6.92 Å². The Morgan fingerprint density at radius 2 is 2.43 bits per heavy atom. The lowest BCUT2D eigenvalue weighted by molar-refractivity contribution is 0.991. The van der Waals surface area contributed by atoms with E-state index in [1.54, 1.807) is 7.05 Å². The van der Waals surface area contributed by atoms with Crippen molar-refractivity contribution in [1.29, 1.82) is 5.26 Å². The highest BCUT2D eigenvalue weighted by Crippen LogP contribution is 1.78. The minimum Gasteiger partial charge on any atom is -0.391 e. The maximum atomic E-state index is 8.00. The molecule has 0 atom stereocenters. The molecule has 2 nitrogen and oxygen atoms in total. The average Bonchev–Trinajstić information content (AvgIpc) is 1.68. The number of nitrogens with one attached hydrogen (secondary N) is 1. The highest BCUT2D eigenvalue weighted by atomic mass is 14.8. The van der Waals surface area contributed by atoms with Crippen LogP contribution >= 0.6 is 0 Å². The highest BCUT2D eigenvalue weighted by molar-refractivity contribution is 5.08. The lowest BCUT2D eigenvalue weighted by Crippen LogP contribution is -2.00. The average molecular weight is 96.1 g/mol. The minimum atomic E-state index is 0.891. The molecular formula is C5H8N2. The van der Waals surface area contributed by atoms with E-state index >= 15 is 0 Å². The number of hydrogen-bond acceptors (Lipinski definition) is 2. The van der Waals surface area contributed by atoms with Gasteiger partial charge in [0.05, 0.1) is 6.07 Å². The molecule has 0 saturated carbocycles. The molecule has 0 aromatic carbocycles. The fraction of sp³-hybridized carbons (Fsp3) is 0.400. The van der Waals surface area contributed by atoms with Crippen LogP contribution in [-0.2, 0) is 0 Å². The first-order valence-electron chi connectivity index (χ1n) is 2.05. The Morgan fingerprint density at radius 1 is 1.86 bits per heavy atom. The molecular weight excluding hydrogens is 88.1 g/mol. The monoisotopic (exact) mass is 96.1 g/mol. The summed E-state index contributed by atoms with van der Waals surface area (Å²) in [4.78, 5) is 0. The molecule has 2 heteroatoms. The molecule has 1 N–H and O–H groups in total. The van der Waals surface area contributed by atoms with Crippen LogP contribution in [0.5, 0.6) is 0 Å². The van der Waals surface area contributed by atoms with E-state index < -0.39 is 0 Å². The van der Waals surface area contributed by atoms with Gasteiger partial charge in [-0.05, 0) is 6.92 Å². The normalized spacial score (nSPS) is 10.1. The van der Waals surface area contributed by atoms with Gasteiger partial charge in [0.15, 0.2) is 0 Å². The summed E-state index contributed by atoms with van der Waals surface area (Å²) in [5, 5.41) is 10.8. The molecule has 0 aromatic heterocycles. The largest absolute Gasteiger partial charge is 0.391 e. The Bertz CT molecular complexity index is 108. The summed E-state index contributed by atoms with van der Waals surface area (Å²) in [5.74, 6) is 0. The molecule has 0 saturated heterocycles. The molecule has 0 heterocycles. The van der Waals surface area contributed by atoms with Gasteiger partial charge in [0.25, 0.3) is 0 Å². The van der Waals surface area contributed by atoms with E-state index in [0.29, 0.717) is 0 Å². The lowest BCUT2D eigenvalue weighted by atomic mass is 10.5. The Hall–Kier alpha value is -0.970. The van der Waals surface area contributed by atoms with Crippen molar-refractivity contribution >= 4 is 0 Å². The molecule has 0 radical (unpaired) electrons. The quantitative estimate of drug-likeness (QED) is 0.486. The van der Waals surface area contributed by atoms with Crippen molar-refractivity contribution in [1.82, 2.24) is 5.32 Å². The van der Waals surface area contributed by atoms with E-state index in [1.165, 1.54) is 6.08 Å². The van der Waals surface area contributed by atoms with Crippen LogP contribution < -0.4 is 5.32 Å². The van der Waals surface area contributed by atoms with Gasteiger partial charge < -0.3 is 5.32 Å². The predicted octanol–water partition coefficient (Wildman–Crippen LogP) is 0.633. The predicted molar refractivity (Wildman–Crippen MR) is 28.4 cm³/mol. The zero-order valence-electron chi connectivity index (χ0n) is 4.52. The molecule has 38 valence electrons. The van der Waals surface area contributed by atoms with Crippen LogP contribution in [0.15, 0.2) is 11.8 Å². The second kappa shape index (κ2) is 3.23. The van der Waals surface area contributed by atoms with Crippen LogP contribution in [0.25, 0.3) is 0 Å². The van der Waals surface area contributed by atoms with Crippen LogP contribution in [-0.4, -0.2) is 7.05 Å². The maximum absolute atomic E-state index is 8.00. The molecule has 0 unspecified atom stereocenters. The molecule has 0 fully saturated rings. The van der Waals surface area contributed by atoms with Crippen molar-refractivity contribution in [2.24, 2.45) is 0 Å². The first kappa shape index (κ1) is 6.03. The summed E-state index contributed by atoms with van der Waals surface area (Å²) in [6.45, 7) is 1.84. The van der Waals surface area contributed by atoms with Crippen LogP contribution in [0.1, 0.15) is 6.92 Å². The molecule has 0 aromatic rings. The fourth-order valence-corrected chi connectivity index (χ4v) is 0.169. The zero-order chi connectivity index (χ0) is 5.70. The second-order valence-electron chi connectivity index (χ2n) is 1.21. The van der Waals surface area contributed by atoms with Crippen molar-refractivity contribution in [2.75, 3.05) is 7.05 Å². The van der Waals surface area contributed by atoms with E-state index in [1.807, 2.05) is 13.0 Å². The molecule has 0 amide bonds. The fourth-order valence-electron chi connectivity index (χ4n) is 0.169. The molecule has 0 bridgehead atoms. The van der Waals surface area contributed by atoms with Crippen molar-refractivity contribution < 1.29 is 0 Å². The third kappa shape index (κ3) is 2.84. The molecule has 0 aliphatic heterocycles. The van der Waals surface area contributed by atoms with Gasteiger partial charge in [-0.15, -0.1) is 0 Å². The van der Waals surface area contributed by atoms with Gasteiger partial charge in [0, 0.05) is 18.8 Å². The SMILES string of the molecule is CNC(C)=CC#N. The Morgan fingerprint density at radius 3 is 2.57 bits per heavy atom. The van der Waals surface area contributed by atoms with Gasteiger partial charge in [0.2, 0.25) is 0 Å². The number of nitrogens with zero attached hydrogens (tertiary/aromatic N) is 1. The summed E-state index contributed by atoms with van der Waals surface area (Å²) in [6, 6.07) is 1.89. The second-order valence-corrected chi connectivity index (χ2v) is 1.21. The van der Waals surface area contributed by atoms with E-state index in [2.05, 4.69) is 5.32 Å². The summed E-state index contributed by atoms with van der Waals surface area (Å²) in [7, 11) is 1.78. The van der Waals surface area contributed by atoms with Crippen LogP contribution in [0.2, 0.25) is 0 Å². The van der Waals surface area contributed by atoms with Gasteiger partial charge in [0.1, 0.15) is 0 Å². The number of rotatable bonds is 1. The van der Waals surface area contributed by atoms with Gasteiger partial charge in [-0.2, -0.15) is 5.26 Å². The van der Waals surface area contributed by atoms with Crippen molar-refractivity contribution in [3.8, 4) is 6.07 Å². The van der Waals surface area contributed by atoms with E-state index in [0.717, 1.165) is 5.70 Å². The van der Waals surface area contributed by atoms with Crippen LogP contribution in [0.3, 0.4) is 0 Å². The summed E-state index contributed by atoms with van der Waals surface area (Å²) in [6.07, 6.45) is 1.46. The Kier molecular flexibility index (Phi) is 2.78. The third-order valence-electron chi connectivity index (χ3n) is 0.675. The van der Waals surface area contributed by atoms with E-state index in [-0.39, 0.29) is 0 Å². The smallest absolute Gasteiger partial charge is 0.0930 e.